The lowest BCUT2D eigenvalue weighted by molar-refractivity contribution is 0.319. The predicted octanol–water partition coefficient (Wildman–Crippen LogP) is 3.16. The minimum absolute atomic E-state index is 0.0669. The third-order valence-corrected chi connectivity index (χ3v) is 12.0. The summed E-state index contributed by atoms with van der Waals surface area (Å²) in [5.41, 5.74) is 2.70. The summed E-state index contributed by atoms with van der Waals surface area (Å²) in [6, 6.07) is 22.8. The van der Waals surface area contributed by atoms with E-state index in [1.165, 1.54) is 24.3 Å². The quantitative estimate of drug-likeness (QED) is 0.0796. The number of hydrogen-bond acceptors (Lipinski definition) is 10. The summed E-state index contributed by atoms with van der Waals surface area (Å²) in [7, 11) is -11.8. The summed E-state index contributed by atoms with van der Waals surface area (Å²) in [6.07, 6.45) is 0. The molecule has 0 spiro atoms. The summed E-state index contributed by atoms with van der Waals surface area (Å²) in [5.74, 6) is -0.602. The van der Waals surface area contributed by atoms with Crippen LogP contribution in [-0.2, 0) is 29.8 Å². The number of nitrogens with one attached hydrogen (secondary N) is 1. The molecular formula is C33H35N2O10S3+. The molecule has 254 valence electrons. The SMILES string of the molecule is CC[N+](c1cccc(S(=O)(=O)CCO)c1)=c1ccc2c(-c3ccccc3S(=O)(=O)O)c3ccc(NCCS(=O)(=O)CCO)cc3oc-2c1. The van der Waals surface area contributed by atoms with Gasteiger partial charge in [0, 0.05) is 58.6 Å². The maximum absolute atomic E-state index is 12.7. The fourth-order valence-electron chi connectivity index (χ4n) is 5.53. The molecule has 1 heterocycles. The Morgan fingerprint density at radius 2 is 1.52 bits per heavy atom. The van der Waals surface area contributed by atoms with Gasteiger partial charge in [-0.05, 0) is 37.3 Å². The van der Waals surface area contributed by atoms with Gasteiger partial charge < -0.3 is 19.9 Å². The van der Waals surface area contributed by atoms with Gasteiger partial charge in [0.1, 0.15) is 22.8 Å². The molecule has 0 saturated heterocycles. The van der Waals surface area contributed by atoms with E-state index in [9.17, 15) is 34.9 Å². The van der Waals surface area contributed by atoms with Crippen molar-refractivity contribution in [1.82, 2.24) is 4.58 Å². The Labute approximate surface area is 278 Å². The first-order chi connectivity index (χ1) is 22.8. The first kappa shape index (κ1) is 35.2. The highest BCUT2D eigenvalue weighted by Crippen LogP contribution is 2.42. The lowest BCUT2D eigenvalue weighted by atomic mass is 9.93. The van der Waals surface area contributed by atoms with Crippen molar-refractivity contribution in [3.63, 3.8) is 0 Å². The highest BCUT2D eigenvalue weighted by molar-refractivity contribution is 7.91. The van der Waals surface area contributed by atoms with Gasteiger partial charge in [0.2, 0.25) is 11.0 Å². The van der Waals surface area contributed by atoms with Gasteiger partial charge in [-0.15, -0.1) is 0 Å². The van der Waals surface area contributed by atoms with Crippen LogP contribution in [0.4, 0.5) is 11.4 Å². The topological polar surface area (TPSA) is 191 Å². The molecule has 15 heteroatoms. The van der Waals surface area contributed by atoms with Crippen molar-refractivity contribution in [3.05, 3.63) is 90.3 Å². The summed E-state index contributed by atoms with van der Waals surface area (Å²) in [6.45, 7) is 1.43. The largest absolute Gasteiger partial charge is 0.456 e. The third kappa shape index (κ3) is 7.61. The fraction of sp³-hybridized carbons (Fsp3) is 0.242. The van der Waals surface area contributed by atoms with Gasteiger partial charge in [0.15, 0.2) is 19.7 Å². The maximum atomic E-state index is 12.7. The smallest absolute Gasteiger partial charge is 0.295 e. The van der Waals surface area contributed by atoms with E-state index in [0.29, 0.717) is 51.1 Å². The fourth-order valence-corrected chi connectivity index (χ4v) is 8.19. The van der Waals surface area contributed by atoms with E-state index in [4.69, 9.17) is 9.52 Å². The van der Waals surface area contributed by atoms with Gasteiger partial charge in [-0.3, -0.25) is 4.55 Å². The van der Waals surface area contributed by atoms with E-state index < -0.39 is 48.8 Å². The predicted molar refractivity (Wildman–Crippen MR) is 183 cm³/mol. The van der Waals surface area contributed by atoms with E-state index in [2.05, 4.69) is 5.32 Å². The number of hydrogen-bond donors (Lipinski definition) is 4. The normalized spacial score (nSPS) is 13.2. The molecule has 2 aliphatic rings. The van der Waals surface area contributed by atoms with Crippen LogP contribution in [0.5, 0.6) is 0 Å². The molecule has 5 rings (SSSR count). The molecule has 0 amide bonds. The maximum Gasteiger partial charge on any atom is 0.295 e. The Balaban J connectivity index is 1.74. The lowest BCUT2D eigenvalue weighted by Gasteiger charge is -2.17. The number of anilines is 1. The van der Waals surface area contributed by atoms with Crippen molar-refractivity contribution >= 4 is 52.1 Å². The molecule has 0 bridgehead atoms. The molecule has 0 fully saturated rings. The van der Waals surface area contributed by atoms with E-state index in [1.807, 2.05) is 11.5 Å². The second kappa shape index (κ2) is 14.2. The average molecular weight is 716 g/mol. The van der Waals surface area contributed by atoms with Crippen LogP contribution in [0.25, 0.3) is 33.4 Å². The summed E-state index contributed by atoms with van der Waals surface area (Å²) >= 11 is 0. The molecule has 0 saturated carbocycles. The van der Waals surface area contributed by atoms with Gasteiger partial charge in [0.25, 0.3) is 10.1 Å². The molecule has 0 radical (unpaired) electrons. The van der Waals surface area contributed by atoms with Crippen LogP contribution in [0.3, 0.4) is 0 Å². The molecule has 48 heavy (non-hydrogen) atoms. The van der Waals surface area contributed by atoms with E-state index in [1.54, 1.807) is 60.7 Å². The Morgan fingerprint density at radius 1 is 0.771 bits per heavy atom. The molecule has 0 atom stereocenters. The number of sulfone groups is 2. The summed E-state index contributed by atoms with van der Waals surface area (Å²) in [4.78, 5) is -0.229. The van der Waals surface area contributed by atoms with Crippen LogP contribution in [0.1, 0.15) is 6.92 Å². The van der Waals surface area contributed by atoms with Crippen molar-refractivity contribution in [2.24, 2.45) is 0 Å². The van der Waals surface area contributed by atoms with Crippen molar-refractivity contribution in [1.29, 1.82) is 0 Å². The first-order valence-corrected chi connectivity index (χ1v) is 19.9. The molecule has 3 aromatic rings. The lowest BCUT2D eigenvalue weighted by Crippen LogP contribution is -2.25. The minimum Gasteiger partial charge on any atom is -0.456 e. The van der Waals surface area contributed by atoms with Crippen LogP contribution in [0, 0.1) is 0 Å². The first-order valence-electron chi connectivity index (χ1n) is 14.9. The number of benzene rings is 4. The number of nitrogens with zero attached hydrogens (tertiary/aromatic N) is 1. The van der Waals surface area contributed by atoms with E-state index >= 15 is 0 Å². The summed E-state index contributed by atoms with van der Waals surface area (Å²) in [5, 5.41) is 22.5. The third-order valence-electron chi connectivity index (χ3n) is 7.76. The Bertz CT molecular complexity index is 2350. The van der Waals surface area contributed by atoms with Gasteiger partial charge in [-0.2, -0.15) is 13.0 Å². The Kier molecular flexibility index (Phi) is 10.4. The minimum atomic E-state index is -4.63. The van der Waals surface area contributed by atoms with Crippen molar-refractivity contribution in [3.8, 4) is 22.5 Å². The van der Waals surface area contributed by atoms with Gasteiger partial charge in [-0.25, -0.2) is 16.8 Å². The van der Waals surface area contributed by atoms with Crippen molar-refractivity contribution in [2.45, 2.75) is 16.7 Å². The van der Waals surface area contributed by atoms with Crippen LogP contribution < -0.4 is 15.2 Å². The number of rotatable bonds is 13. The van der Waals surface area contributed by atoms with Crippen LogP contribution in [-0.4, -0.2) is 83.6 Å². The molecule has 1 aliphatic carbocycles. The molecule has 12 nitrogen and oxygen atoms in total. The molecular weight excluding hydrogens is 681 g/mol. The molecule has 0 aromatic heterocycles. The second-order valence-electron chi connectivity index (χ2n) is 10.9. The van der Waals surface area contributed by atoms with Crippen molar-refractivity contribution < 1.29 is 44.4 Å². The number of aliphatic hydroxyl groups excluding tert-OH is 2. The molecule has 3 aromatic carbocycles. The molecule has 1 aliphatic heterocycles. The van der Waals surface area contributed by atoms with Crippen LogP contribution >= 0.6 is 0 Å². The zero-order valence-corrected chi connectivity index (χ0v) is 28.4. The van der Waals surface area contributed by atoms with Gasteiger partial charge in [-0.1, -0.05) is 24.3 Å². The zero-order valence-electron chi connectivity index (χ0n) is 25.9. The summed E-state index contributed by atoms with van der Waals surface area (Å²) < 4.78 is 92.8. The van der Waals surface area contributed by atoms with Crippen LogP contribution in [0.2, 0.25) is 0 Å². The Hall–Kier alpha value is -4.12. The van der Waals surface area contributed by atoms with Gasteiger partial charge >= 0.3 is 0 Å². The standard InChI is InChI=1S/C33H34N2O10S3/c1-2-35(24-6-5-7-26(21-24)47(40,41)19-16-37)25-11-13-28-31(22-25)45-30-20-23(34-14-17-46(38,39)18-15-36)10-12-27(30)33(28)29-8-3-4-9-32(29)48(42,43)44/h3-13,20-22,36-37H,2,14-19H2,1H3,(H,42,43,44)/p+1. The monoisotopic (exact) mass is 715 g/mol. The average Bonchev–Trinajstić information content (AvgIpc) is 3.03. The highest BCUT2D eigenvalue weighted by Gasteiger charge is 2.25. The zero-order chi connectivity index (χ0) is 34.7. The van der Waals surface area contributed by atoms with Gasteiger partial charge in [0.05, 0.1) is 41.4 Å². The van der Waals surface area contributed by atoms with Crippen LogP contribution in [0.15, 0.2) is 99.1 Å². The highest BCUT2D eigenvalue weighted by atomic mass is 32.2. The van der Waals surface area contributed by atoms with Crippen molar-refractivity contribution in [2.75, 3.05) is 48.9 Å². The van der Waals surface area contributed by atoms with E-state index in [0.717, 1.165) is 0 Å². The Morgan fingerprint density at radius 3 is 2.23 bits per heavy atom. The number of aliphatic hydroxyl groups is 2. The number of fused-ring (bicyclic) bond motifs is 2. The molecule has 4 N–H and O–H groups in total. The molecule has 0 unspecified atom stereocenters. The second-order valence-corrected chi connectivity index (χ2v) is 16.7. The van der Waals surface area contributed by atoms with E-state index in [-0.39, 0.29) is 33.4 Å².